The van der Waals surface area contributed by atoms with Crippen molar-refractivity contribution in [3.63, 3.8) is 0 Å². The third kappa shape index (κ3) is 4.65. The molecule has 1 aromatic heterocycles. The van der Waals surface area contributed by atoms with Gasteiger partial charge < -0.3 is 4.74 Å². The fraction of sp³-hybridized carbons (Fsp3) is 0.167. The lowest BCUT2D eigenvalue weighted by Crippen LogP contribution is -2.13. The van der Waals surface area contributed by atoms with Crippen molar-refractivity contribution in [2.75, 3.05) is 16.6 Å². The first-order valence-corrected chi connectivity index (χ1v) is 10.6. The van der Waals surface area contributed by atoms with Crippen LogP contribution in [0.2, 0.25) is 0 Å². The maximum atomic E-state index is 12.6. The lowest BCUT2D eigenvalue weighted by molar-refractivity contribution is 0.102. The van der Waals surface area contributed by atoms with Crippen molar-refractivity contribution < 1.29 is 17.9 Å². The summed E-state index contributed by atoms with van der Waals surface area (Å²) in [5, 5.41) is 10.1. The number of rotatable bonds is 7. The molecule has 1 amide bonds. The van der Waals surface area contributed by atoms with Crippen LogP contribution < -0.4 is 14.8 Å². The van der Waals surface area contributed by atoms with Crippen molar-refractivity contribution in [1.82, 2.24) is 10.2 Å². The molecule has 146 valence electrons. The topological polar surface area (TPSA) is 110 Å². The monoisotopic (exact) mass is 418 g/mol. The number of ether oxygens (including phenoxy) is 1. The van der Waals surface area contributed by atoms with Gasteiger partial charge in [-0.15, -0.1) is 10.2 Å². The van der Waals surface area contributed by atoms with Gasteiger partial charge in [0.15, 0.2) is 0 Å². The van der Waals surface area contributed by atoms with Gasteiger partial charge in [-0.2, -0.15) is 8.42 Å². The Morgan fingerprint density at radius 1 is 1.11 bits per heavy atom. The van der Waals surface area contributed by atoms with Gasteiger partial charge in [0.25, 0.3) is 20.3 Å². The van der Waals surface area contributed by atoms with Crippen LogP contribution in [0.25, 0.3) is 0 Å². The molecule has 0 saturated heterocycles. The van der Waals surface area contributed by atoms with Crippen LogP contribution in [0.15, 0.2) is 52.9 Å². The molecule has 8 nitrogen and oxygen atoms in total. The quantitative estimate of drug-likeness (QED) is 0.570. The van der Waals surface area contributed by atoms with E-state index in [0.717, 1.165) is 16.9 Å². The van der Waals surface area contributed by atoms with Crippen LogP contribution in [0.1, 0.15) is 22.8 Å². The van der Waals surface area contributed by atoms with Crippen molar-refractivity contribution >= 4 is 38.1 Å². The number of para-hydroxylation sites is 2. The van der Waals surface area contributed by atoms with E-state index < -0.39 is 15.9 Å². The van der Waals surface area contributed by atoms with Gasteiger partial charge in [-0.05, 0) is 38.1 Å². The molecule has 0 fully saturated rings. The van der Waals surface area contributed by atoms with Crippen molar-refractivity contribution in [2.45, 2.75) is 18.2 Å². The molecule has 0 unspecified atom stereocenters. The minimum Gasteiger partial charge on any atom is -0.492 e. The first-order chi connectivity index (χ1) is 13.4. The van der Waals surface area contributed by atoms with Crippen LogP contribution in [0, 0.1) is 6.92 Å². The van der Waals surface area contributed by atoms with Crippen LogP contribution in [0.3, 0.4) is 0 Å². The Morgan fingerprint density at radius 3 is 2.54 bits per heavy atom. The molecule has 10 heteroatoms. The average Bonchev–Trinajstić information content (AvgIpc) is 3.13. The van der Waals surface area contributed by atoms with Crippen LogP contribution >= 0.6 is 11.3 Å². The summed E-state index contributed by atoms with van der Waals surface area (Å²) in [7, 11) is -3.98. The number of aromatic nitrogens is 2. The number of carbonyl (C=O) groups is 1. The highest BCUT2D eigenvalue weighted by Gasteiger charge is 2.22. The van der Waals surface area contributed by atoms with Gasteiger partial charge in [0, 0.05) is 5.56 Å². The number of hydrogen-bond donors (Lipinski definition) is 2. The molecule has 0 aliphatic heterocycles. The molecule has 3 rings (SSSR count). The normalized spacial score (nSPS) is 11.1. The molecule has 0 aliphatic carbocycles. The van der Waals surface area contributed by atoms with Gasteiger partial charge in [-0.25, -0.2) is 0 Å². The second-order valence-electron chi connectivity index (χ2n) is 5.73. The number of nitrogens with one attached hydrogen (secondary N) is 2. The molecule has 1 heterocycles. The number of hydrogen-bond acceptors (Lipinski definition) is 7. The summed E-state index contributed by atoms with van der Waals surface area (Å²) in [6, 6.07) is 13.7. The van der Waals surface area contributed by atoms with Crippen molar-refractivity contribution in [3.05, 3.63) is 59.7 Å². The molecule has 0 saturated carbocycles. The van der Waals surface area contributed by atoms with E-state index in [1.165, 1.54) is 0 Å². The molecule has 0 atom stereocenters. The molecule has 0 spiro atoms. The Balaban J connectivity index is 1.75. The number of nitrogens with zero attached hydrogens (tertiary/aromatic N) is 2. The lowest BCUT2D eigenvalue weighted by atomic mass is 10.1. The Morgan fingerprint density at radius 2 is 1.82 bits per heavy atom. The third-order valence-corrected chi connectivity index (χ3v) is 6.17. The highest BCUT2D eigenvalue weighted by molar-refractivity contribution is 7.94. The molecule has 2 aromatic carbocycles. The zero-order chi connectivity index (χ0) is 20.1. The predicted molar refractivity (Wildman–Crippen MR) is 107 cm³/mol. The maximum Gasteiger partial charge on any atom is 0.291 e. The largest absolute Gasteiger partial charge is 0.492 e. The van der Waals surface area contributed by atoms with E-state index in [2.05, 4.69) is 20.2 Å². The molecule has 3 aromatic rings. The Labute approximate surface area is 166 Å². The van der Waals surface area contributed by atoms with E-state index in [9.17, 15) is 13.2 Å². The van der Waals surface area contributed by atoms with E-state index in [-0.39, 0.29) is 9.47 Å². The summed E-state index contributed by atoms with van der Waals surface area (Å²) in [4.78, 5) is 12.2. The number of aryl methyl sites for hydroxylation is 1. The molecule has 0 aliphatic rings. The van der Waals surface area contributed by atoms with Crippen molar-refractivity contribution in [2.24, 2.45) is 0 Å². The summed E-state index contributed by atoms with van der Waals surface area (Å²) in [5.74, 6) is 0.0146. The molecule has 0 bridgehead atoms. The number of sulfonamides is 1. The van der Waals surface area contributed by atoms with E-state index in [0.29, 0.717) is 23.6 Å². The number of amides is 1. The average molecular weight is 419 g/mol. The van der Waals surface area contributed by atoms with Gasteiger partial charge in [0.2, 0.25) is 5.13 Å². The highest BCUT2D eigenvalue weighted by Crippen LogP contribution is 2.28. The van der Waals surface area contributed by atoms with Crippen LogP contribution in [-0.2, 0) is 10.0 Å². The predicted octanol–water partition coefficient (Wildman–Crippen LogP) is 3.30. The van der Waals surface area contributed by atoms with Gasteiger partial charge in [0.05, 0.1) is 12.3 Å². The number of benzene rings is 2. The minimum atomic E-state index is -3.98. The fourth-order valence-electron chi connectivity index (χ4n) is 2.26. The van der Waals surface area contributed by atoms with Gasteiger partial charge >= 0.3 is 0 Å². The summed E-state index contributed by atoms with van der Waals surface area (Å²) in [5.41, 5.74) is 1.76. The van der Waals surface area contributed by atoms with E-state index in [1.807, 2.05) is 19.1 Å². The molecule has 0 radical (unpaired) electrons. The Hall–Kier alpha value is -2.98. The summed E-state index contributed by atoms with van der Waals surface area (Å²) in [6.45, 7) is 4.12. The number of carbonyl (C=O) groups excluding carboxylic acids is 1. The molecule has 2 N–H and O–H groups in total. The highest BCUT2D eigenvalue weighted by atomic mass is 32.2. The molecule has 28 heavy (non-hydrogen) atoms. The van der Waals surface area contributed by atoms with E-state index in [4.69, 9.17) is 4.74 Å². The summed E-state index contributed by atoms with van der Waals surface area (Å²) in [6.07, 6.45) is 0. The van der Waals surface area contributed by atoms with Gasteiger partial charge in [-0.1, -0.05) is 41.2 Å². The zero-order valence-electron chi connectivity index (χ0n) is 15.2. The molecular formula is C18H18N4O4S2. The molecular weight excluding hydrogens is 400 g/mol. The first kappa shape index (κ1) is 19.8. The van der Waals surface area contributed by atoms with Crippen LogP contribution in [-0.4, -0.2) is 31.1 Å². The Kier molecular flexibility index (Phi) is 5.90. The van der Waals surface area contributed by atoms with Gasteiger partial charge in [-0.3, -0.25) is 14.8 Å². The summed E-state index contributed by atoms with van der Waals surface area (Å²) >= 11 is 0.759. The number of anilines is 2. The van der Waals surface area contributed by atoms with Crippen LogP contribution in [0.4, 0.5) is 10.8 Å². The second kappa shape index (κ2) is 8.36. The summed E-state index contributed by atoms with van der Waals surface area (Å²) < 4.78 is 32.8. The van der Waals surface area contributed by atoms with Crippen LogP contribution in [0.5, 0.6) is 5.75 Å². The smallest absolute Gasteiger partial charge is 0.291 e. The lowest BCUT2D eigenvalue weighted by Gasteiger charge is -2.10. The van der Waals surface area contributed by atoms with Crippen molar-refractivity contribution in [1.29, 1.82) is 0 Å². The maximum absolute atomic E-state index is 12.6. The first-order valence-electron chi connectivity index (χ1n) is 8.35. The minimum absolute atomic E-state index is 0.0871. The fourth-order valence-corrected chi connectivity index (χ4v) is 4.23. The third-order valence-electron chi connectivity index (χ3n) is 3.60. The van der Waals surface area contributed by atoms with Crippen molar-refractivity contribution in [3.8, 4) is 5.75 Å². The van der Waals surface area contributed by atoms with E-state index >= 15 is 0 Å². The standard InChI is InChI=1S/C18H18N4O4S2/c1-3-26-15-7-5-4-6-14(15)22-28(24,25)18-21-20-17(27-18)19-16(23)13-10-8-12(2)9-11-13/h4-11,22H,3H2,1-2H3,(H,19,20,23). The van der Waals surface area contributed by atoms with E-state index in [1.54, 1.807) is 43.3 Å². The SMILES string of the molecule is CCOc1ccccc1NS(=O)(=O)c1nnc(NC(=O)c2ccc(C)cc2)s1. The Bertz CT molecular complexity index is 1080. The van der Waals surface area contributed by atoms with Gasteiger partial charge in [0.1, 0.15) is 5.75 Å². The second-order valence-corrected chi connectivity index (χ2v) is 8.56. The zero-order valence-corrected chi connectivity index (χ0v) is 16.8.